The first-order valence-corrected chi connectivity index (χ1v) is 7.07. The molecule has 5 nitrogen and oxygen atoms in total. The normalized spacial score (nSPS) is 22.3. The first kappa shape index (κ1) is 14.8. The summed E-state index contributed by atoms with van der Waals surface area (Å²) in [6, 6.07) is 8.17. The Morgan fingerprint density at radius 3 is 2.85 bits per heavy atom. The molecule has 110 valence electrons. The molecule has 1 aliphatic rings. The van der Waals surface area contributed by atoms with E-state index in [1.807, 2.05) is 24.3 Å². The average Bonchev–Trinajstić information content (AvgIpc) is 2.48. The standard InChI is InChI=1S/C15H23N3O2/c1-11-9-18-13(10-17-11)15(19)16-8-7-12-5-3-4-6-14(12)20-2/h3-6,11,13,17-18H,7-10H2,1-2H3,(H,16,19). The van der Waals surface area contributed by atoms with Gasteiger partial charge < -0.3 is 20.7 Å². The predicted octanol–water partition coefficient (Wildman–Crippen LogP) is 0.304. The maximum absolute atomic E-state index is 12.0. The Balaban J connectivity index is 1.76. The van der Waals surface area contributed by atoms with Gasteiger partial charge in [-0.15, -0.1) is 0 Å². The molecule has 1 fully saturated rings. The van der Waals surface area contributed by atoms with E-state index in [0.29, 0.717) is 19.1 Å². The second-order valence-corrected chi connectivity index (χ2v) is 5.12. The van der Waals surface area contributed by atoms with Gasteiger partial charge in [0.2, 0.25) is 5.91 Å². The number of hydrogen-bond acceptors (Lipinski definition) is 4. The van der Waals surface area contributed by atoms with Crippen LogP contribution in [0, 0.1) is 0 Å². The summed E-state index contributed by atoms with van der Waals surface area (Å²) in [6.07, 6.45) is 0.770. The predicted molar refractivity (Wildman–Crippen MR) is 79.0 cm³/mol. The van der Waals surface area contributed by atoms with Gasteiger partial charge in [-0.2, -0.15) is 0 Å². The van der Waals surface area contributed by atoms with E-state index < -0.39 is 0 Å². The van der Waals surface area contributed by atoms with E-state index in [2.05, 4.69) is 22.9 Å². The van der Waals surface area contributed by atoms with Crippen LogP contribution in [0.5, 0.6) is 5.75 Å². The average molecular weight is 277 g/mol. The topological polar surface area (TPSA) is 62.4 Å². The van der Waals surface area contributed by atoms with Crippen molar-refractivity contribution in [2.45, 2.75) is 25.4 Å². The SMILES string of the molecule is COc1ccccc1CCNC(=O)C1CNC(C)CN1. The highest BCUT2D eigenvalue weighted by molar-refractivity contribution is 5.82. The summed E-state index contributed by atoms with van der Waals surface area (Å²) >= 11 is 0. The molecule has 1 amide bonds. The van der Waals surface area contributed by atoms with Crippen molar-refractivity contribution < 1.29 is 9.53 Å². The number of rotatable bonds is 5. The smallest absolute Gasteiger partial charge is 0.238 e. The maximum Gasteiger partial charge on any atom is 0.238 e. The molecule has 0 aromatic heterocycles. The molecular formula is C15H23N3O2. The lowest BCUT2D eigenvalue weighted by molar-refractivity contribution is -0.123. The van der Waals surface area contributed by atoms with Crippen LogP contribution in [0.25, 0.3) is 0 Å². The number of nitrogens with one attached hydrogen (secondary N) is 3. The van der Waals surface area contributed by atoms with Gasteiger partial charge in [-0.1, -0.05) is 18.2 Å². The molecule has 5 heteroatoms. The van der Waals surface area contributed by atoms with Crippen LogP contribution in [0.1, 0.15) is 12.5 Å². The number of methoxy groups -OCH3 is 1. The number of carbonyl (C=O) groups excluding carboxylic acids is 1. The molecule has 0 spiro atoms. The first-order valence-electron chi connectivity index (χ1n) is 7.07. The summed E-state index contributed by atoms with van der Waals surface area (Å²) in [5, 5.41) is 9.51. The summed E-state index contributed by atoms with van der Waals surface area (Å²) < 4.78 is 5.30. The molecule has 1 aromatic rings. The Morgan fingerprint density at radius 2 is 2.15 bits per heavy atom. The fraction of sp³-hybridized carbons (Fsp3) is 0.533. The van der Waals surface area contributed by atoms with Gasteiger partial charge >= 0.3 is 0 Å². The van der Waals surface area contributed by atoms with Crippen molar-refractivity contribution in [3.8, 4) is 5.75 Å². The van der Waals surface area contributed by atoms with Crippen molar-refractivity contribution in [3.05, 3.63) is 29.8 Å². The molecule has 3 N–H and O–H groups in total. The Hall–Kier alpha value is -1.59. The van der Waals surface area contributed by atoms with Gasteiger partial charge in [-0.25, -0.2) is 0 Å². The molecule has 2 unspecified atom stereocenters. The zero-order chi connectivity index (χ0) is 14.4. The van der Waals surface area contributed by atoms with E-state index >= 15 is 0 Å². The summed E-state index contributed by atoms with van der Waals surface area (Å²) in [7, 11) is 1.66. The maximum atomic E-state index is 12.0. The molecule has 0 radical (unpaired) electrons. The lowest BCUT2D eigenvalue weighted by Gasteiger charge is -2.28. The van der Waals surface area contributed by atoms with E-state index in [4.69, 9.17) is 4.74 Å². The van der Waals surface area contributed by atoms with E-state index in [9.17, 15) is 4.79 Å². The van der Waals surface area contributed by atoms with Crippen molar-refractivity contribution >= 4 is 5.91 Å². The summed E-state index contributed by atoms with van der Waals surface area (Å²) in [5.74, 6) is 0.923. The molecule has 1 saturated heterocycles. The van der Waals surface area contributed by atoms with E-state index in [1.165, 1.54) is 0 Å². The third-order valence-corrected chi connectivity index (χ3v) is 3.54. The van der Waals surface area contributed by atoms with Crippen LogP contribution >= 0.6 is 0 Å². The van der Waals surface area contributed by atoms with Crippen LogP contribution in [0.4, 0.5) is 0 Å². The summed E-state index contributed by atoms with van der Waals surface area (Å²) in [5.41, 5.74) is 1.11. The fourth-order valence-electron chi connectivity index (χ4n) is 2.32. The highest BCUT2D eigenvalue weighted by atomic mass is 16.5. The second-order valence-electron chi connectivity index (χ2n) is 5.12. The lowest BCUT2D eigenvalue weighted by atomic mass is 10.1. The van der Waals surface area contributed by atoms with Crippen molar-refractivity contribution in [2.75, 3.05) is 26.7 Å². The monoisotopic (exact) mass is 277 g/mol. The molecule has 0 bridgehead atoms. The van der Waals surface area contributed by atoms with Crippen molar-refractivity contribution in [1.82, 2.24) is 16.0 Å². The largest absolute Gasteiger partial charge is 0.496 e. The molecule has 1 aromatic carbocycles. The van der Waals surface area contributed by atoms with Crippen LogP contribution in [0.3, 0.4) is 0 Å². The van der Waals surface area contributed by atoms with Gasteiger partial charge in [0.25, 0.3) is 0 Å². The first-order chi connectivity index (χ1) is 9.70. The summed E-state index contributed by atoms with van der Waals surface area (Å²) in [6.45, 7) is 4.22. The molecule has 20 heavy (non-hydrogen) atoms. The van der Waals surface area contributed by atoms with Crippen molar-refractivity contribution in [2.24, 2.45) is 0 Å². The molecule has 2 atom stereocenters. The van der Waals surface area contributed by atoms with Gasteiger partial charge in [0.05, 0.1) is 13.2 Å². The number of benzene rings is 1. The van der Waals surface area contributed by atoms with Crippen molar-refractivity contribution in [3.63, 3.8) is 0 Å². The van der Waals surface area contributed by atoms with Crippen LogP contribution in [-0.4, -0.2) is 44.7 Å². The van der Waals surface area contributed by atoms with Gasteiger partial charge in [0.1, 0.15) is 5.75 Å². The Kier molecular flexibility index (Phi) is 5.38. The lowest BCUT2D eigenvalue weighted by Crippen LogP contribution is -2.59. The molecular weight excluding hydrogens is 254 g/mol. The Morgan fingerprint density at radius 1 is 1.35 bits per heavy atom. The van der Waals surface area contributed by atoms with Crippen LogP contribution in [0.2, 0.25) is 0 Å². The van der Waals surface area contributed by atoms with Gasteiger partial charge in [0.15, 0.2) is 0 Å². The van der Waals surface area contributed by atoms with Crippen LogP contribution in [-0.2, 0) is 11.2 Å². The third kappa shape index (κ3) is 3.95. The Bertz CT molecular complexity index is 442. The second kappa shape index (κ2) is 7.26. The zero-order valence-corrected chi connectivity index (χ0v) is 12.1. The summed E-state index contributed by atoms with van der Waals surface area (Å²) in [4.78, 5) is 12.0. The van der Waals surface area contributed by atoms with Crippen LogP contribution in [0.15, 0.2) is 24.3 Å². The number of para-hydroxylation sites is 1. The quantitative estimate of drug-likeness (QED) is 0.724. The number of carbonyl (C=O) groups is 1. The molecule has 2 rings (SSSR count). The minimum absolute atomic E-state index is 0.0549. The van der Waals surface area contributed by atoms with E-state index in [1.54, 1.807) is 7.11 Å². The van der Waals surface area contributed by atoms with Gasteiger partial charge in [-0.3, -0.25) is 4.79 Å². The molecule has 0 aliphatic carbocycles. The van der Waals surface area contributed by atoms with E-state index in [-0.39, 0.29) is 11.9 Å². The molecule has 1 aliphatic heterocycles. The van der Waals surface area contributed by atoms with Gasteiger partial charge in [0, 0.05) is 25.7 Å². The third-order valence-electron chi connectivity index (χ3n) is 3.54. The van der Waals surface area contributed by atoms with Gasteiger partial charge in [-0.05, 0) is 25.0 Å². The Labute approximate surface area is 120 Å². The number of amides is 1. The minimum atomic E-state index is -0.135. The fourth-order valence-corrected chi connectivity index (χ4v) is 2.32. The van der Waals surface area contributed by atoms with E-state index in [0.717, 1.165) is 24.3 Å². The highest BCUT2D eigenvalue weighted by Crippen LogP contribution is 2.17. The minimum Gasteiger partial charge on any atom is -0.496 e. The van der Waals surface area contributed by atoms with Crippen LogP contribution < -0.4 is 20.7 Å². The number of hydrogen-bond donors (Lipinski definition) is 3. The zero-order valence-electron chi connectivity index (χ0n) is 12.1. The number of piperazine rings is 1. The highest BCUT2D eigenvalue weighted by Gasteiger charge is 2.22. The molecule has 1 heterocycles. The number of ether oxygens (including phenoxy) is 1. The molecule has 0 saturated carbocycles. The van der Waals surface area contributed by atoms with Crippen molar-refractivity contribution in [1.29, 1.82) is 0 Å².